The van der Waals surface area contributed by atoms with Gasteiger partial charge in [-0.3, -0.25) is 9.59 Å². The zero-order valence-corrected chi connectivity index (χ0v) is 15.4. The first-order valence-corrected chi connectivity index (χ1v) is 9.43. The molecule has 3 rings (SSSR count). The van der Waals surface area contributed by atoms with Crippen molar-refractivity contribution in [3.63, 3.8) is 0 Å². The minimum atomic E-state index is -0.771. The topological polar surface area (TPSA) is 73.9 Å². The summed E-state index contributed by atoms with van der Waals surface area (Å²) in [4.78, 5) is 29.1. The molecule has 1 aromatic rings. The van der Waals surface area contributed by atoms with Crippen molar-refractivity contribution in [2.75, 3.05) is 51.1 Å². The Morgan fingerprint density at radius 1 is 1.23 bits per heavy atom. The fourth-order valence-corrected chi connectivity index (χ4v) is 3.33. The smallest absolute Gasteiger partial charge is 0.266 e. The van der Waals surface area contributed by atoms with Crippen LogP contribution in [0.1, 0.15) is 19.8 Å². The number of likely N-dealkylation sites (N-methyl/N-ethyl adjacent to an activating group) is 1. The van der Waals surface area contributed by atoms with Gasteiger partial charge in [-0.05, 0) is 31.6 Å². The van der Waals surface area contributed by atoms with Crippen molar-refractivity contribution in [1.29, 1.82) is 0 Å². The third-order valence-corrected chi connectivity index (χ3v) is 4.96. The highest BCUT2D eigenvalue weighted by Crippen LogP contribution is 2.29. The Hall–Kier alpha value is -2.12. The van der Waals surface area contributed by atoms with Crippen molar-refractivity contribution in [3.05, 3.63) is 24.3 Å². The van der Waals surface area contributed by atoms with Crippen molar-refractivity contribution in [2.45, 2.75) is 25.9 Å². The molecule has 0 aromatic heterocycles. The summed E-state index contributed by atoms with van der Waals surface area (Å²) in [6.07, 6.45) is 0.181. The number of ether oxygens (including phenoxy) is 1. The van der Waals surface area contributed by atoms with E-state index in [9.17, 15) is 9.59 Å². The molecule has 1 saturated heterocycles. The molecule has 2 aliphatic heterocycles. The Bertz CT molecular complexity index is 629. The SMILES string of the molecule is CCN1CCN(CCCNC(=O)CC2Oc3ccccc3NC2=O)CC1. The number of para-hydroxylation sites is 2. The van der Waals surface area contributed by atoms with Gasteiger partial charge in [0.25, 0.3) is 5.91 Å². The maximum Gasteiger partial charge on any atom is 0.266 e. The van der Waals surface area contributed by atoms with E-state index in [0.29, 0.717) is 18.0 Å². The number of hydrogen-bond acceptors (Lipinski definition) is 5. The van der Waals surface area contributed by atoms with E-state index < -0.39 is 6.10 Å². The largest absolute Gasteiger partial charge is 0.478 e. The zero-order chi connectivity index (χ0) is 18.4. The second-order valence-electron chi connectivity index (χ2n) is 6.78. The van der Waals surface area contributed by atoms with Gasteiger partial charge in [0, 0.05) is 32.7 Å². The lowest BCUT2D eigenvalue weighted by molar-refractivity contribution is -0.130. The van der Waals surface area contributed by atoms with Crippen molar-refractivity contribution in [1.82, 2.24) is 15.1 Å². The fourth-order valence-electron chi connectivity index (χ4n) is 3.33. The van der Waals surface area contributed by atoms with E-state index >= 15 is 0 Å². The van der Waals surface area contributed by atoms with E-state index in [4.69, 9.17) is 4.74 Å². The van der Waals surface area contributed by atoms with Crippen LogP contribution in [0.4, 0.5) is 5.69 Å². The van der Waals surface area contributed by atoms with Crippen LogP contribution in [0.25, 0.3) is 0 Å². The minimum absolute atomic E-state index is 0.0370. The van der Waals surface area contributed by atoms with Crippen LogP contribution in [0.15, 0.2) is 24.3 Å². The number of amides is 2. The predicted octanol–water partition coefficient (Wildman–Crippen LogP) is 0.920. The number of piperazine rings is 1. The molecule has 2 amide bonds. The van der Waals surface area contributed by atoms with Crippen molar-refractivity contribution < 1.29 is 14.3 Å². The highest BCUT2D eigenvalue weighted by molar-refractivity contribution is 5.99. The van der Waals surface area contributed by atoms with Crippen LogP contribution in [0.5, 0.6) is 5.75 Å². The lowest BCUT2D eigenvalue weighted by Gasteiger charge is -2.34. The molecule has 7 nitrogen and oxygen atoms in total. The summed E-state index contributed by atoms with van der Waals surface area (Å²) in [5.74, 6) is 0.184. The number of carbonyl (C=O) groups is 2. The van der Waals surface area contributed by atoms with E-state index in [0.717, 1.165) is 45.7 Å². The molecule has 0 saturated carbocycles. The Balaban J connectivity index is 1.34. The first kappa shape index (κ1) is 18.7. The number of anilines is 1. The monoisotopic (exact) mass is 360 g/mol. The van der Waals surface area contributed by atoms with Crippen molar-refractivity contribution in [2.24, 2.45) is 0 Å². The van der Waals surface area contributed by atoms with E-state index in [-0.39, 0.29) is 18.2 Å². The molecule has 1 atom stereocenters. The Morgan fingerprint density at radius 2 is 1.96 bits per heavy atom. The van der Waals surface area contributed by atoms with Gasteiger partial charge in [0.2, 0.25) is 5.91 Å². The molecule has 7 heteroatoms. The molecule has 1 fully saturated rings. The second-order valence-corrected chi connectivity index (χ2v) is 6.78. The minimum Gasteiger partial charge on any atom is -0.478 e. The van der Waals surface area contributed by atoms with Gasteiger partial charge in [-0.15, -0.1) is 0 Å². The van der Waals surface area contributed by atoms with Crippen LogP contribution in [0, 0.1) is 0 Å². The molecule has 2 heterocycles. The number of hydrogen-bond donors (Lipinski definition) is 2. The number of fused-ring (bicyclic) bond motifs is 1. The highest BCUT2D eigenvalue weighted by Gasteiger charge is 2.29. The van der Waals surface area contributed by atoms with Crippen LogP contribution in [-0.2, 0) is 9.59 Å². The number of nitrogens with zero attached hydrogens (tertiary/aromatic N) is 2. The van der Waals surface area contributed by atoms with Gasteiger partial charge < -0.3 is 25.2 Å². The van der Waals surface area contributed by atoms with E-state index in [1.807, 2.05) is 12.1 Å². The highest BCUT2D eigenvalue weighted by atomic mass is 16.5. The summed E-state index contributed by atoms with van der Waals surface area (Å²) in [5, 5.41) is 5.68. The summed E-state index contributed by atoms with van der Waals surface area (Å²) in [7, 11) is 0. The molecule has 26 heavy (non-hydrogen) atoms. The molecule has 2 N–H and O–H groups in total. The van der Waals surface area contributed by atoms with Crippen molar-refractivity contribution >= 4 is 17.5 Å². The fraction of sp³-hybridized carbons (Fsp3) is 0.579. The average molecular weight is 360 g/mol. The summed E-state index contributed by atoms with van der Waals surface area (Å²) < 4.78 is 5.65. The normalized spacial score (nSPS) is 20.8. The van der Waals surface area contributed by atoms with E-state index in [1.165, 1.54) is 0 Å². The first-order valence-electron chi connectivity index (χ1n) is 9.43. The predicted molar refractivity (Wildman–Crippen MR) is 100 cm³/mol. The third kappa shape index (κ3) is 4.95. The van der Waals surface area contributed by atoms with E-state index in [2.05, 4.69) is 27.4 Å². The van der Waals surface area contributed by atoms with Gasteiger partial charge in [0.05, 0.1) is 12.1 Å². The first-order chi connectivity index (χ1) is 12.7. The molecule has 142 valence electrons. The van der Waals surface area contributed by atoms with Gasteiger partial charge in [0.15, 0.2) is 6.10 Å². The Labute approximate surface area is 154 Å². The number of rotatable bonds is 7. The summed E-state index contributed by atoms with van der Waals surface area (Å²) in [6.45, 7) is 9.36. The molecule has 1 unspecified atom stereocenters. The molecular weight excluding hydrogens is 332 g/mol. The molecule has 0 radical (unpaired) electrons. The maximum absolute atomic E-state index is 12.1. The molecule has 2 aliphatic rings. The summed E-state index contributed by atoms with van der Waals surface area (Å²) in [5.41, 5.74) is 0.650. The van der Waals surface area contributed by atoms with Gasteiger partial charge in [-0.1, -0.05) is 19.1 Å². The second kappa shape index (κ2) is 9.00. The molecule has 0 spiro atoms. The Kier molecular flexibility index (Phi) is 6.46. The average Bonchev–Trinajstić information content (AvgIpc) is 2.66. The maximum atomic E-state index is 12.1. The van der Waals surface area contributed by atoms with Gasteiger partial charge >= 0.3 is 0 Å². The lowest BCUT2D eigenvalue weighted by Crippen LogP contribution is -2.46. The van der Waals surface area contributed by atoms with E-state index in [1.54, 1.807) is 12.1 Å². The number of carbonyl (C=O) groups excluding carboxylic acids is 2. The van der Waals surface area contributed by atoms with Crippen molar-refractivity contribution in [3.8, 4) is 5.75 Å². The standard InChI is InChI=1S/C19H28N4O3/c1-2-22-10-12-23(13-11-22)9-5-8-20-18(24)14-17-19(25)21-15-6-3-4-7-16(15)26-17/h3-4,6-7,17H,2,5,8-14H2,1H3,(H,20,24)(H,21,25). The van der Waals surface area contributed by atoms with Gasteiger partial charge in [-0.25, -0.2) is 0 Å². The van der Waals surface area contributed by atoms with Gasteiger partial charge in [-0.2, -0.15) is 0 Å². The molecule has 0 aliphatic carbocycles. The quantitative estimate of drug-likeness (QED) is 0.708. The summed E-state index contributed by atoms with van der Waals surface area (Å²) >= 11 is 0. The van der Waals surface area contributed by atoms with Crippen LogP contribution in [-0.4, -0.2) is 73.5 Å². The zero-order valence-electron chi connectivity index (χ0n) is 15.4. The summed E-state index contributed by atoms with van der Waals surface area (Å²) in [6, 6.07) is 7.24. The molecular formula is C19H28N4O3. The van der Waals surface area contributed by atoms with Crippen LogP contribution in [0.3, 0.4) is 0 Å². The van der Waals surface area contributed by atoms with Crippen LogP contribution in [0.2, 0.25) is 0 Å². The van der Waals surface area contributed by atoms with Crippen LogP contribution >= 0.6 is 0 Å². The van der Waals surface area contributed by atoms with Gasteiger partial charge in [0.1, 0.15) is 5.75 Å². The molecule has 0 bridgehead atoms. The number of nitrogens with one attached hydrogen (secondary N) is 2. The third-order valence-electron chi connectivity index (χ3n) is 4.96. The lowest BCUT2D eigenvalue weighted by atomic mass is 10.1. The Morgan fingerprint density at radius 3 is 2.73 bits per heavy atom. The van der Waals surface area contributed by atoms with Crippen LogP contribution < -0.4 is 15.4 Å². The molecule has 1 aromatic carbocycles. The number of benzene rings is 1.